The maximum Gasteiger partial charge on any atom is 0.235 e. The van der Waals surface area contributed by atoms with E-state index in [1.54, 1.807) is 11.6 Å². The molecule has 1 aromatic heterocycles. The van der Waals surface area contributed by atoms with Crippen LogP contribution >= 0.6 is 0 Å². The predicted molar refractivity (Wildman–Crippen MR) is 99.7 cm³/mol. The van der Waals surface area contributed by atoms with Gasteiger partial charge in [0.25, 0.3) is 0 Å². The second-order valence-electron chi connectivity index (χ2n) is 7.03. The van der Waals surface area contributed by atoms with Gasteiger partial charge in [-0.2, -0.15) is 0 Å². The maximum absolute atomic E-state index is 13.1. The molecule has 140 valence electrons. The van der Waals surface area contributed by atoms with Crippen molar-refractivity contribution in [1.29, 1.82) is 0 Å². The van der Waals surface area contributed by atoms with Crippen LogP contribution in [0.15, 0.2) is 35.9 Å². The summed E-state index contributed by atoms with van der Waals surface area (Å²) in [5.74, 6) is -0.907. The molecule has 7 nitrogen and oxygen atoms in total. The molecule has 3 atom stereocenters. The fraction of sp³-hybridized carbons (Fsp3) is 0.350. The number of benzene rings is 1. The van der Waals surface area contributed by atoms with Gasteiger partial charge in [-0.05, 0) is 18.1 Å². The molecular formula is C20H22N4O3. The monoisotopic (exact) mass is 366 g/mol. The number of carbonyl (C=O) groups is 2. The summed E-state index contributed by atoms with van der Waals surface area (Å²) in [6.07, 6.45) is -0.515. The van der Waals surface area contributed by atoms with Crippen molar-refractivity contribution in [2.75, 3.05) is 7.05 Å². The number of aromatic nitrogens is 2. The van der Waals surface area contributed by atoms with Gasteiger partial charge in [0.2, 0.25) is 5.91 Å². The molecule has 0 spiro atoms. The van der Waals surface area contributed by atoms with Crippen molar-refractivity contribution in [2.45, 2.75) is 25.5 Å². The van der Waals surface area contributed by atoms with Crippen LogP contribution in [0.5, 0.6) is 0 Å². The van der Waals surface area contributed by atoms with Crippen molar-refractivity contribution < 1.29 is 14.7 Å². The van der Waals surface area contributed by atoms with E-state index in [0.717, 1.165) is 5.56 Å². The van der Waals surface area contributed by atoms with Crippen LogP contribution in [0.1, 0.15) is 40.0 Å². The van der Waals surface area contributed by atoms with Crippen LogP contribution in [0.4, 0.5) is 0 Å². The van der Waals surface area contributed by atoms with Gasteiger partial charge in [-0.1, -0.05) is 30.3 Å². The van der Waals surface area contributed by atoms with E-state index in [2.05, 4.69) is 15.6 Å². The number of imidazole rings is 1. The Morgan fingerprint density at radius 3 is 2.70 bits per heavy atom. The van der Waals surface area contributed by atoms with Gasteiger partial charge >= 0.3 is 0 Å². The van der Waals surface area contributed by atoms with E-state index < -0.39 is 12.0 Å². The Morgan fingerprint density at radius 2 is 2.04 bits per heavy atom. The molecule has 0 saturated carbocycles. The molecule has 0 fully saturated rings. The molecule has 0 bridgehead atoms. The summed E-state index contributed by atoms with van der Waals surface area (Å²) in [7, 11) is 3.29. The first kappa shape index (κ1) is 17.5. The van der Waals surface area contributed by atoms with E-state index in [-0.39, 0.29) is 24.2 Å². The number of ketones is 1. The highest BCUT2D eigenvalue weighted by molar-refractivity contribution is 6.16. The highest BCUT2D eigenvalue weighted by Gasteiger charge is 2.45. The van der Waals surface area contributed by atoms with Crippen molar-refractivity contribution in [3.05, 3.63) is 58.7 Å². The number of carbonyl (C=O) groups excluding carboxylic acids is 2. The van der Waals surface area contributed by atoms with Crippen molar-refractivity contribution in [2.24, 2.45) is 13.0 Å². The van der Waals surface area contributed by atoms with Crippen LogP contribution < -0.4 is 10.6 Å². The van der Waals surface area contributed by atoms with Gasteiger partial charge in [-0.3, -0.25) is 9.59 Å². The third kappa shape index (κ3) is 2.57. The van der Waals surface area contributed by atoms with Gasteiger partial charge in [0.1, 0.15) is 23.1 Å². The Balaban J connectivity index is 1.88. The Morgan fingerprint density at radius 1 is 1.33 bits per heavy atom. The SMILES string of the molecule is CNC(=O)C1C(=O)c2c(nc(C)n2C)C2=C1C[C@@H](O)[C@@H](c1ccccc1)N2. The van der Waals surface area contributed by atoms with E-state index in [1.165, 1.54) is 7.05 Å². The first-order chi connectivity index (χ1) is 12.9. The van der Waals surface area contributed by atoms with Gasteiger partial charge in [-0.15, -0.1) is 0 Å². The fourth-order valence-corrected chi connectivity index (χ4v) is 4.02. The van der Waals surface area contributed by atoms with E-state index in [4.69, 9.17) is 0 Å². The smallest absolute Gasteiger partial charge is 0.235 e. The summed E-state index contributed by atoms with van der Waals surface area (Å²) in [5.41, 5.74) is 3.21. The maximum atomic E-state index is 13.1. The highest BCUT2D eigenvalue weighted by Crippen LogP contribution is 2.41. The minimum atomic E-state index is -0.953. The average Bonchev–Trinajstić information content (AvgIpc) is 2.97. The highest BCUT2D eigenvalue weighted by atomic mass is 16.3. The number of hydrogen-bond donors (Lipinski definition) is 3. The number of nitrogens with zero attached hydrogens (tertiary/aromatic N) is 2. The summed E-state index contributed by atoms with van der Waals surface area (Å²) in [6.45, 7) is 1.83. The standard InChI is InChI=1S/C20H22N4O3/c1-10-22-17-16-12(14(20(27)21-2)19(26)18(17)24(10)3)9-13(25)15(23-16)11-7-5-4-6-8-11/h4-8,13-15,23,25H,9H2,1-3H3,(H,21,27)/t13-,14?,15-/m1/s1. The lowest BCUT2D eigenvalue weighted by Gasteiger charge is -2.37. The van der Waals surface area contributed by atoms with Gasteiger partial charge in [-0.25, -0.2) is 4.98 Å². The van der Waals surface area contributed by atoms with Crippen LogP contribution in [0, 0.1) is 12.8 Å². The number of aliphatic hydroxyl groups is 1. The molecule has 1 amide bonds. The first-order valence-electron chi connectivity index (χ1n) is 8.96. The van der Waals surface area contributed by atoms with Crippen LogP contribution in [0.25, 0.3) is 5.70 Å². The van der Waals surface area contributed by atoms with E-state index in [0.29, 0.717) is 28.5 Å². The number of nitrogens with one attached hydrogen (secondary N) is 2. The molecule has 1 aliphatic heterocycles. The number of hydrogen-bond acceptors (Lipinski definition) is 5. The summed E-state index contributed by atoms with van der Waals surface area (Å²) in [4.78, 5) is 30.2. The molecule has 1 unspecified atom stereocenters. The van der Waals surface area contributed by atoms with E-state index >= 15 is 0 Å². The molecule has 2 heterocycles. The molecule has 7 heteroatoms. The summed E-state index contributed by atoms with van der Waals surface area (Å²) in [6, 6.07) is 9.31. The zero-order chi connectivity index (χ0) is 19.3. The molecule has 27 heavy (non-hydrogen) atoms. The van der Waals surface area contributed by atoms with Gasteiger partial charge < -0.3 is 20.3 Å². The molecule has 0 saturated heterocycles. The van der Waals surface area contributed by atoms with Crippen molar-refractivity contribution >= 4 is 17.4 Å². The molecular weight excluding hydrogens is 344 g/mol. The Hall–Kier alpha value is -2.93. The van der Waals surface area contributed by atoms with E-state index in [9.17, 15) is 14.7 Å². The lowest BCUT2D eigenvalue weighted by atomic mass is 9.77. The van der Waals surface area contributed by atoms with Gasteiger partial charge in [0.05, 0.1) is 17.8 Å². The zero-order valence-corrected chi connectivity index (χ0v) is 15.5. The molecule has 1 aromatic carbocycles. The predicted octanol–water partition coefficient (Wildman–Crippen LogP) is 1.09. The van der Waals surface area contributed by atoms with Gasteiger partial charge in [0, 0.05) is 20.5 Å². The number of amides is 1. The van der Waals surface area contributed by atoms with Crippen molar-refractivity contribution in [3.63, 3.8) is 0 Å². The second-order valence-corrected chi connectivity index (χ2v) is 7.03. The topological polar surface area (TPSA) is 96.2 Å². The summed E-state index contributed by atoms with van der Waals surface area (Å²) >= 11 is 0. The minimum Gasteiger partial charge on any atom is -0.390 e. The van der Waals surface area contributed by atoms with Crippen molar-refractivity contribution in [3.8, 4) is 0 Å². The quantitative estimate of drug-likeness (QED) is 0.692. The number of rotatable bonds is 2. The van der Waals surface area contributed by atoms with Gasteiger partial charge in [0.15, 0.2) is 5.78 Å². The Bertz CT molecular complexity index is 961. The number of Topliss-reactive ketones (excluding diaryl/α,β-unsaturated/α-hetero) is 1. The largest absolute Gasteiger partial charge is 0.390 e. The number of fused-ring (bicyclic) bond motifs is 2. The third-order valence-electron chi connectivity index (χ3n) is 5.50. The first-order valence-corrected chi connectivity index (χ1v) is 8.96. The van der Waals surface area contributed by atoms with Crippen LogP contribution in [-0.2, 0) is 11.8 Å². The molecule has 0 radical (unpaired) electrons. The molecule has 2 aromatic rings. The molecule has 3 N–H and O–H groups in total. The van der Waals surface area contributed by atoms with Crippen molar-refractivity contribution in [1.82, 2.24) is 20.2 Å². The lowest BCUT2D eigenvalue weighted by Crippen LogP contribution is -2.45. The Kier molecular flexibility index (Phi) is 4.11. The molecule has 4 rings (SSSR count). The lowest BCUT2D eigenvalue weighted by molar-refractivity contribution is -0.122. The van der Waals surface area contributed by atoms with Crippen LogP contribution in [-0.4, -0.2) is 39.5 Å². The van der Waals surface area contributed by atoms with E-state index in [1.807, 2.05) is 37.3 Å². The average molecular weight is 366 g/mol. The normalized spacial score (nSPS) is 24.1. The Labute approximate surface area is 157 Å². The zero-order valence-electron chi connectivity index (χ0n) is 15.5. The molecule has 1 aliphatic carbocycles. The third-order valence-corrected chi connectivity index (χ3v) is 5.50. The number of aryl methyl sites for hydroxylation is 1. The summed E-state index contributed by atoms with van der Waals surface area (Å²) < 4.78 is 1.72. The summed E-state index contributed by atoms with van der Waals surface area (Å²) in [5, 5.41) is 16.7. The van der Waals surface area contributed by atoms with Crippen LogP contribution in [0.2, 0.25) is 0 Å². The molecule has 2 aliphatic rings. The minimum absolute atomic E-state index is 0.237. The fourth-order valence-electron chi connectivity index (χ4n) is 4.02. The number of aliphatic hydroxyl groups excluding tert-OH is 1. The second kappa shape index (κ2) is 6.35. The van der Waals surface area contributed by atoms with Crippen LogP contribution in [0.3, 0.4) is 0 Å².